The van der Waals surface area contributed by atoms with Crippen LogP contribution >= 0.6 is 0 Å². The number of carboxylic acids is 2. The van der Waals surface area contributed by atoms with Crippen molar-refractivity contribution in [2.24, 2.45) is 0 Å². The number of amides is 2. The summed E-state index contributed by atoms with van der Waals surface area (Å²) in [6.07, 6.45) is 12.8. The molecule has 34 heavy (non-hydrogen) atoms. The van der Waals surface area contributed by atoms with Gasteiger partial charge in [0, 0.05) is 23.2 Å². The van der Waals surface area contributed by atoms with E-state index in [1.54, 1.807) is 0 Å². The molecule has 0 spiro atoms. The van der Waals surface area contributed by atoms with Crippen molar-refractivity contribution >= 4 is 23.8 Å². The van der Waals surface area contributed by atoms with Crippen LogP contribution in [0.5, 0.6) is 0 Å². The number of benzene rings is 2. The zero-order chi connectivity index (χ0) is 24.8. The number of aromatic carboxylic acids is 2. The van der Waals surface area contributed by atoms with Crippen molar-refractivity contribution in [1.82, 2.24) is 10.6 Å². The highest BCUT2D eigenvalue weighted by Crippen LogP contribution is 2.21. The van der Waals surface area contributed by atoms with Gasteiger partial charge >= 0.3 is 11.9 Å². The van der Waals surface area contributed by atoms with E-state index in [2.05, 4.69) is 22.5 Å². The highest BCUT2D eigenvalue weighted by molar-refractivity contribution is 6.06. The summed E-state index contributed by atoms with van der Waals surface area (Å²) in [6, 6.07) is 7.98. The Bertz CT molecular complexity index is 1150. The van der Waals surface area contributed by atoms with Crippen LogP contribution in [0.1, 0.15) is 78.2 Å². The third-order valence-electron chi connectivity index (χ3n) is 5.72. The summed E-state index contributed by atoms with van der Waals surface area (Å²) in [5.74, 6) is 1.19. The van der Waals surface area contributed by atoms with Crippen molar-refractivity contribution in [1.29, 1.82) is 0 Å². The number of carbonyl (C=O) groups is 4. The highest BCUT2D eigenvalue weighted by atomic mass is 16.4. The maximum atomic E-state index is 12.7. The standard InChI is InChI=1S/C26H22N2O6/c1-3-15-5-11-19(21(13-15)25(31)32)23(29)27-17-7-9-18(10-8-17)28-24(30)20-12-6-16(4-2)14-22(20)26(33)34/h1-2,5-6,11-14,17-18H,7-10H2,(H,27,29)(H,28,30)(H,31,32)(H,33,34). The van der Waals surface area contributed by atoms with Gasteiger partial charge in [-0.1, -0.05) is 11.8 Å². The molecule has 8 nitrogen and oxygen atoms in total. The lowest BCUT2D eigenvalue weighted by molar-refractivity contribution is 0.0681. The van der Waals surface area contributed by atoms with E-state index in [0.29, 0.717) is 36.8 Å². The molecular weight excluding hydrogens is 436 g/mol. The first kappa shape index (κ1) is 24.1. The predicted octanol–water partition coefficient (Wildman–Crippen LogP) is 2.52. The number of carboxylic acid groups (broad SMARTS) is 2. The van der Waals surface area contributed by atoms with Gasteiger partial charge in [-0.05, 0) is 62.1 Å². The fourth-order valence-electron chi connectivity index (χ4n) is 3.93. The molecule has 1 aliphatic carbocycles. The Morgan fingerprint density at radius 3 is 1.32 bits per heavy atom. The summed E-state index contributed by atoms with van der Waals surface area (Å²) >= 11 is 0. The van der Waals surface area contributed by atoms with E-state index in [9.17, 15) is 29.4 Å². The molecule has 2 amide bonds. The molecule has 8 heteroatoms. The third kappa shape index (κ3) is 5.43. The van der Waals surface area contributed by atoms with E-state index < -0.39 is 23.8 Å². The van der Waals surface area contributed by atoms with Crippen molar-refractivity contribution in [2.75, 3.05) is 0 Å². The molecule has 0 heterocycles. The Labute approximate surface area is 196 Å². The Morgan fingerprint density at radius 1 is 0.676 bits per heavy atom. The number of hydrogen-bond donors (Lipinski definition) is 4. The van der Waals surface area contributed by atoms with Gasteiger partial charge in [-0.2, -0.15) is 0 Å². The Balaban J connectivity index is 1.60. The van der Waals surface area contributed by atoms with E-state index >= 15 is 0 Å². The molecule has 1 saturated carbocycles. The first-order chi connectivity index (χ1) is 16.2. The average Bonchev–Trinajstić information content (AvgIpc) is 2.84. The van der Waals surface area contributed by atoms with Gasteiger partial charge in [0.05, 0.1) is 22.3 Å². The van der Waals surface area contributed by atoms with Crippen LogP contribution in [0.4, 0.5) is 0 Å². The SMILES string of the molecule is C#Cc1ccc(C(=O)NC2CCC(NC(=O)c3ccc(C#C)cc3C(=O)O)CC2)c(C(=O)O)c1. The maximum absolute atomic E-state index is 12.7. The van der Waals surface area contributed by atoms with E-state index in [4.69, 9.17) is 12.8 Å². The minimum atomic E-state index is -1.25. The van der Waals surface area contributed by atoms with Crippen molar-refractivity contribution < 1.29 is 29.4 Å². The van der Waals surface area contributed by atoms with Crippen LogP contribution in [0, 0.1) is 24.7 Å². The first-order valence-electron chi connectivity index (χ1n) is 10.5. The molecule has 0 bridgehead atoms. The summed E-state index contributed by atoms with van der Waals surface area (Å²) in [5.41, 5.74) is 0.449. The number of carbonyl (C=O) groups excluding carboxylic acids is 2. The molecule has 0 saturated heterocycles. The second kappa shape index (κ2) is 10.4. The monoisotopic (exact) mass is 458 g/mol. The van der Waals surface area contributed by atoms with Crippen LogP contribution < -0.4 is 10.6 Å². The molecule has 0 aromatic heterocycles. The molecule has 1 fully saturated rings. The third-order valence-corrected chi connectivity index (χ3v) is 5.72. The van der Waals surface area contributed by atoms with Crippen molar-refractivity contribution in [2.45, 2.75) is 37.8 Å². The summed E-state index contributed by atoms with van der Waals surface area (Å²) in [7, 11) is 0. The van der Waals surface area contributed by atoms with E-state index in [-0.39, 0.29) is 34.3 Å². The highest BCUT2D eigenvalue weighted by Gasteiger charge is 2.27. The van der Waals surface area contributed by atoms with Crippen LogP contribution in [0.3, 0.4) is 0 Å². The van der Waals surface area contributed by atoms with Gasteiger partial charge in [0.25, 0.3) is 11.8 Å². The molecule has 0 radical (unpaired) electrons. The smallest absolute Gasteiger partial charge is 0.336 e. The van der Waals surface area contributed by atoms with Gasteiger partial charge in [-0.15, -0.1) is 12.8 Å². The molecule has 0 unspecified atom stereocenters. The second-order valence-corrected chi connectivity index (χ2v) is 7.92. The van der Waals surface area contributed by atoms with Gasteiger partial charge in [-0.25, -0.2) is 9.59 Å². The number of rotatable bonds is 6. The molecule has 3 rings (SSSR count). The van der Waals surface area contributed by atoms with Crippen LogP contribution in [0.2, 0.25) is 0 Å². The Morgan fingerprint density at radius 2 is 1.03 bits per heavy atom. The van der Waals surface area contributed by atoms with Gasteiger partial charge < -0.3 is 20.8 Å². The molecule has 172 valence electrons. The summed E-state index contributed by atoms with van der Waals surface area (Å²) in [4.78, 5) is 48.4. The quantitative estimate of drug-likeness (QED) is 0.492. The van der Waals surface area contributed by atoms with Gasteiger partial charge in [0.2, 0.25) is 0 Å². The normalized spacial score (nSPS) is 17.0. The topological polar surface area (TPSA) is 133 Å². The lowest BCUT2D eigenvalue weighted by Gasteiger charge is -2.30. The first-order valence-corrected chi connectivity index (χ1v) is 10.5. The summed E-state index contributed by atoms with van der Waals surface area (Å²) in [6.45, 7) is 0. The lowest BCUT2D eigenvalue weighted by atomic mass is 9.90. The fourth-order valence-corrected chi connectivity index (χ4v) is 3.93. The zero-order valence-corrected chi connectivity index (χ0v) is 18.1. The molecule has 2 aromatic carbocycles. The fraction of sp³-hybridized carbons (Fsp3) is 0.231. The molecule has 4 N–H and O–H groups in total. The maximum Gasteiger partial charge on any atom is 0.336 e. The van der Waals surface area contributed by atoms with Gasteiger partial charge in [0.15, 0.2) is 0 Å². The van der Waals surface area contributed by atoms with Gasteiger partial charge in [0.1, 0.15) is 0 Å². The summed E-state index contributed by atoms with van der Waals surface area (Å²) < 4.78 is 0. The van der Waals surface area contributed by atoms with Crippen LogP contribution in [0.25, 0.3) is 0 Å². The zero-order valence-electron chi connectivity index (χ0n) is 18.1. The van der Waals surface area contributed by atoms with E-state index in [1.807, 2.05) is 0 Å². The molecule has 1 aliphatic rings. The second-order valence-electron chi connectivity index (χ2n) is 7.92. The Hall–Kier alpha value is -4.56. The Kier molecular flexibility index (Phi) is 7.35. The van der Waals surface area contributed by atoms with Crippen molar-refractivity contribution in [3.8, 4) is 24.7 Å². The van der Waals surface area contributed by atoms with Crippen molar-refractivity contribution in [3.63, 3.8) is 0 Å². The molecule has 0 atom stereocenters. The van der Waals surface area contributed by atoms with Crippen molar-refractivity contribution in [3.05, 3.63) is 69.8 Å². The van der Waals surface area contributed by atoms with E-state index in [0.717, 1.165) is 0 Å². The van der Waals surface area contributed by atoms with Gasteiger partial charge in [-0.3, -0.25) is 9.59 Å². The lowest BCUT2D eigenvalue weighted by Crippen LogP contribution is -2.44. The van der Waals surface area contributed by atoms with E-state index in [1.165, 1.54) is 36.4 Å². The molecule has 2 aromatic rings. The van der Waals surface area contributed by atoms with Crippen LogP contribution in [-0.2, 0) is 0 Å². The minimum Gasteiger partial charge on any atom is -0.478 e. The predicted molar refractivity (Wildman–Crippen MR) is 124 cm³/mol. The largest absolute Gasteiger partial charge is 0.478 e. The number of hydrogen-bond acceptors (Lipinski definition) is 4. The molecular formula is C26H22N2O6. The average molecular weight is 458 g/mol. The number of nitrogens with one attached hydrogen (secondary N) is 2. The minimum absolute atomic E-state index is 0.0264. The molecule has 0 aliphatic heterocycles. The summed E-state index contributed by atoms with van der Waals surface area (Å²) in [5, 5.41) is 24.5. The number of terminal acetylenes is 2. The van der Waals surface area contributed by atoms with Crippen LogP contribution in [0.15, 0.2) is 36.4 Å². The van der Waals surface area contributed by atoms with Crippen LogP contribution in [-0.4, -0.2) is 46.0 Å².